The lowest BCUT2D eigenvalue weighted by Crippen LogP contribution is -2.50. The maximum Gasteiger partial charge on any atom is 0.243 e. The van der Waals surface area contributed by atoms with Gasteiger partial charge in [-0.1, -0.05) is 26.8 Å². The normalized spacial score (nSPS) is 17.2. The molecule has 1 aliphatic heterocycles. The van der Waals surface area contributed by atoms with Crippen molar-refractivity contribution in [3.8, 4) is 0 Å². The van der Waals surface area contributed by atoms with E-state index in [1.54, 1.807) is 4.90 Å². The molecule has 1 heterocycles. The number of aryl methyl sites for hydroxylation is 1. The molecule has 24 heavy (non-hydrogen) atoms. The van der Waals surface area contributed by atoms with E-state index in [9.17, 15) is 13.2 Å². The van der Waals surface area contributed by atoms with Crippen molar-refractivity contribution in [3.63, 3.8) is 0 Å². The van der Waals surface area contributed by atoms with Crippen molar-refractivity contribution in [2.75, 3.05) is 26.2 Å². The molecule has 1 fully saturated rings. The summed E-state index contributed by atoms with van der Waals surface area (Å²) in [6.07, 6.45) is 0. The van der Waals surface area contributed by atoms with E-state index in [1.807, 2.05) is 19.9 Å². The van der Waals surface area contributed by atoms with Gasteiger partial charge >= 0.3 is 0 Å². The number of carbonyl (C=O) groups is 1. The number of carbonyl (C=O) groups excluding carboxylic acids is 1. The van der Waals surface area contributed by atoms with Crippen LogP contribution in [0.2, 0.25) is 0 Å². The standard InChI is InChI=1S/C18H28N2O3S/c1-13-11-16(18(4,5)6)12-17(14(13)2)24(22,23)20-9-7-19(8-10-20)15(3)21/h11-12H,7-10H2,1-6H3. The van der Waals surface area contributed by atoms with E-state index in [-0.39, 0.29) is 11.3 Å². The molecule has 1 aliphatic rings. The van der Waals surface area contributed by atoms with Crippen LogP contribution in [0.15, 0.2) is 17.0 Å². The highest BCUT2D eigenvalue weighted by Crippen LogP contribution is 2.30. The van der Waals surface area contributed by atoms with Crippen LogP contribution in [0, 0.1) is 13.8 Å². The predicted molar refractivity (Wildman–Crippen MR) is 95.6 cm³/mol. The molecule has 0 N–H and O–H groups in total. The quantitative estimate of drug-likeness (QED) is 0.821. The summed E-state index contributed by atoms with van der Waals surface area (Å²) in [7, 11) is -3.55. The molecule has 1 amide bonds. The third-order valence-electron chi connectivity index (χ3n) is 4.79. The zero-order valence-corrected chi connectivity index (χ0v) is 16.3. The Hall–Kier alpha value is -1.40. The number of piperazine rings is 1. The molecule has 6 heteroatoms. The molecule has 2 rings (SSSR count). The van der Waals surface area contributed by atoms with Crippen molar-refractivity contribution in [1.29, 1.82) is 0 Å². The Morgan fingerprint density at radius 3 is 2.04 bits per heavy atom. The summed E-state index contributed by atoms with van der Waals surface area (Å²) in [5, 5.41) is 0. The first kappa shape index (κ1) is 18.9. The lowest BCUT2D eigenvalue weighted by atomic mass is 9.85. The molecular formula is C18H28N2O3S. The number of hydrogen-bond acceptors (Lipinski definition) is 3. The number of sulfonamides is 1. The summed E-state index contributed by atoms with van der Waals surface area (Å²) in [6.45, 7) is 13.2. The van der Waals surface area contributed by atoms with Crippen LogP contribution in [0.1, 0.15) is 44.4 Å². The van der Waals surface area contributed by atoms with E-state index < -0.39 is 10.0 Å². The summed E-state index contributed by atoms with van der Waals surface area (Å²) in [4.78, 5) is 13.5. The number of benzene rings is 1. The highest BCUT2D eigenvalue weighted by Gasteiger charge is 2.31. The first-order valence-electron chi connectivity index (χ1n) is 8.32. The molecule has 134 valence electrons. The fraction of sp³-hybridized carbons (Fsp3) is 0.611. The van der Waals surface area contributed by atoms with Crippen LogP contribution in [0.5, 0.6) is 0 Å². The predicted octanol–water partition coefficient (Wildman–Crippen LogP) is 2.45. The zero-order chi connectivity index (χ0) is 18.3. The molecular weight excluding hydrogens is 324 g/mol. The topological polar surface area (TPSA) is 57.7 Å². The lowest BCUT2D eigenvalue weighted by Gasteiger charge is -2.34. The largest absolute Gasteiger partial charge is 0.340 e. The molecule has 0 spiro atoms. The van der Waals surface area contributed by atoms with Gasteiger partial charge in [0, 0.05) is 33.1 Å². The van der Waals surface area contributed by atoms with Gasteiger partial charge in [-0.2, -0.15) is 4.31 Å². The molecule has 0 aliphatic carbocycles. The van der Waals surface area contributed by atoms with E-state index in [0.717, 1.165) is 16.7 Å². The molecule has 1 aromatic carbocycles. The maximum absolute atomic E-state index is 13.1. The average molecular weight is 353 g/mol. The number of nitrogens with zero attached hydrogens (tertiary/aromatic N) is 2. The molecule has 0 bridgehead atoms. The fourth-order valence-corrected chi connectivity index (χ4v) is 4.66. The summed E-state index contributed by atoms with van der Waals surface area (Å²) < 4.78 is 27.8. The smallest absolute Gasteiger partial charge is 0.243 e. The minimum atomic E-state index is -3.55. The van der Waals surface area contributed by atoms with Gasteiger partial charge in [-0.15, -0.1) is 0 Å². The Bertz CT molecular complexity index is 740. The van der Waals surface area contributed by atoms with Crippen LogP contribution >= 0.6 is 0 Å². The number of hydrogen-bond donors (Lipinski definition) is 0. The van der Waals surface area contributed by atoms with E-state index in [4.69, 9.17) is 0 Å². The van der Waals surface area contributed by atoms with Gasteiger partial charge in [0.15, 0.2) is 0 Å². The second-order valence-electron chi connectivity index (χ2n) is 7.58. The summed E-state index contributed by atoms with van der Waals surface area (Å²) in [5.41, 5.74) is 2.70. The molecule has 5 nitrogen and oxygen atoms in total. The number of rotatable bonds is 2. The molecule has 1 saturated heterocycles. The molecule has 0 radical (unpaired) electrons. The average Bonchev–Trinajstić information content (AvgIpc) is 2.48. The maximum atomic E-state index is 13.1. The SMILES string of the molecule is CC(=O)N1CCN(S(=O)(=O)c2cc(C(C)(C)C)cc(C)c2C)CC1. The first-order valence-corrected chi connectivity index (χ1v) is 9.76. The summed E-state index contributed by atoms with van der Waals surface area (Å²) >= 11 is 0. The molecule has 1 aromatic rings. The van der Waals surface area contributed by atoms with Crippen LogP contribution in [-0.2, 0) is 20.2 Å². The van der Waals surface area contributed by atoms with Gasteiger partial charge in [-0.25, -0.2) is 8.42 Å². The van der Waals surface area contributed by atoms with E-state index >= 15 is 0 Å². The van der Waals surface area contributed by atoms with Crippen molar-refractivity contribution in [2.45, 2.75) is 51.9 Å². The third-order valence-corrected chi connectivity index (χ3v) is 6.81. The third kappa shape index (κ3) is 3.64. The van der Waals surface area contributed by atoms with Crippen LogP contribution in [0.3, 0.4) is 0 Å². The highest BCUT2D eigenvalue weighted by molar-refractivity contribution is 7.89. The van der Waals surface area contributed by atoms with Gasteiger partial charge in [0.25, 0.3) is 0 Å². The Morgan fingerprint density at radius 1 is 1.04 bits per heavy atom. The van der Waals surface area contributed by atoms with Crippen molar-refractivity contribution >= 4 is 15.9 Å². The van der Waals surface area contributed by atoms with Gasteiger partial charge in [-0.05, 0) is 42.0 Å². The lowest BCUT2D eigenvalue weighted by molar-refractivity contribution is -0.129. The van der Waals surface area contributed by atoms with Crippen molar-refractivity contribution in [1.82, 2.24) is 9.21 Å². The molecule has 0 unspecified atom stereocenters. The second-order valence-corrected chi connectivity index (χ2v) is 9.48. The van der Waals surface area contributed by atoms with Gasteiger partial charge in [-0.3, -0.25) is 4.79 Å². The molecule has 0 atom stereocenters. The first-order chi connectivity index (χ1) is 10.9. The Morgan fingerprint density at radius 2 is 1.58 bits per heavy atom. The van der Waals surface area contributed by atoms with E-state index in [1.165, 1.54) is 11.2 Å². The number of amides is 1. The van der Waals surface area contributed by atoms with Gasteiger partial charge < -0.3 is 4.90 Å². The molecule has 0 saturated carbocycles. The zero-order valence-electron chi connectivity index (χ0n) is 15.5. The van der Waals surface area contributed by atoms with Crippen molar-refractivity contribution in [2.24, 2.45) is 0 Å². The van der Waals surface area contributed by atoms with E-state index in [0.29, 0.717) is 31.1 Å². The fourth-order valence-electron chi connectivity index (χ4n) is 2.91. The van der Waals surface area contributed by atoms with Crippen molar-refractivity contribution < 1.29 is 13.2 Å². The highest BCUT2D eigenvalue weighted by atomic mass is 32.2. The second kappa shape index (κ2) is 6.48. The minimum Gasteiger partial charge on any atom is -0.340 e. The van der Waals surface area contributed by atoms with E-state index in [2.05, 4.69) is 26.8 Å². The van der Waals surface area contributed by atoms with Crippen LogP contribution < -0.4 is 0 Å². The molecule has 0 aromatic heterocycles. The minimum absolute atomic E-state index is 0.00574. The van der Waals surface area contributed by atoms with Crippen LogP contribution in [0.4, 0.5) is 0 Å². The Labute approximate surface area is 145 Å². The van der Waals surface area contributed by atoms with Gasteiger partial charge in [0.05, 0.1) is 4.90 Å². The Balaban J connectivity index is 2.40. The van der Waals surface area contributed by atoms with Gasteiger partial charge in [0.2, 0.25) is 15.9 Å². The van der Waals surface area contributed by atoms with Crippen molar-refractivity contribution in [3.05, 3.63) is 28.8 Å². The Kier molecular flexibility index (Phi) is 5.11. The monoisotopic (exact) mass is 352 g/mol. The van der Waals surface area contributed by atoms with Gasteiger partial charge in [0.1, 0.15) is 0 Å². The van der Waals surface area contributed by atoms with Crippen LogP contribution in [-0.4, -0.2) is 49.7 Å². The summed E-state index contributed by atoms with van der Waals surface area (Å²) in [6, 6.07) is 3.89. The van der Waals surface area contributed by atoms with Crippen LogP contribution in [0.25, 0.3) is 0 Å². The summed E-state index contributed by atoms with van der Waals surface area (Å²) in [5.74, 6) is -0.00574.